The van der Waals surface area contributed by atoms with E-state index in [0.29, 0.717) is 16.5 Å². The summed E-state index contributed by atoms with van der Waals surface area (Å²) in [6.07, 6.45) is 3.77. The maximum atomic E-state index is 10.7. The van der Waals surface area contributed by atoms with Crippen LogP contribution in [0, 0.1) is 0 Å². The summed E-state index contributed by atoms with van der Waals surface area (Å²) < 4.78 is 12.3. The highest BCUT2D eigenvalue weighted by Gasteiger charge is 2.31. The molecule has 0 amide bonds. The average Bonchev–Trinajstić information content (AvgIpc) is 3.36. The fraction of sp³-hybridized carbons (Fsp3) is 0.412. The molecule has 1 atom stereocenters. The molecule has 132 valence electrons. The first kappa shape index (κ1) is 16.2. The number of aromatic hydroxyl groups is 1. The molecule has 25 heavy (non-hydrogen) atoms. The zero-order valence-corrected chi connectivity index (χ0v) is 15.0. The van der Waals surface area contributed by atoms with E-state index in [4.69, 9.17) is 9.47 Å². The molecule has 8 heteroatoms. The van der Waals surface area contributed by atoms with Crippen molar-refractivity contribution in [2.75, 3.05) is 27.3 Å². The van der Waals surface area contributed by atoms with Crippen molar-refractivity contribution in [3.8, 4) is 17.4 Å². The highest BCUT2D eigenvalue weighted by atomic mass is 32.1. The lowest BCUT2D eigenvalue weighted by Crippen LogP contribution is -2.26. The van der Waals surface area contributed by atoms with Crippen LogP contribution in [0.25, 0.3) is 4.96 Å². The maximum absolute atomic E-state index is 10.7. The number of thiazole rings is 1. The van der Waals surface area contributed by atoms with Crippen molar-refractivity contribution in [3.05, 3.63) is 35.0 Å². The summed E-state index contributed by atoms with van der Waals surface area (Å²) in [5.74, 6) is 1.53. The largest absolute Gasteiger partial charge is 0.493 e. The molecule has 7 nitrogen and oxygen atoms in total. The van der Waals surface area contributed by atoms with E-state index in [1.807, 2.05) is 18.2 Å². The summed E-state index contributed by atoms with van der Waals surface area (Å²) >= 11 is 1.47. The highest BCUT2D eigenvalue weighted by Crippen LogP contribution is 2.42. The van der Waals surface area contributed by atoms with Gasteiger partial charge in [-0.2, -0.15) is 9.61 Å². The molecule has 0 aliphatic carbocycles. The number of rotatable bonds is 5. The first-order valence-corrected chi connectivity index (χ1v) is 9.02. The van der Waals surface area contributed by atoms with Gasteiger partial charge in [-0.25, -0.2) is 4.98 Å². The molecule has 3 heterocycles. The molecule has 1 aromatic carbocycles. The number of hydrogen-bond acceptors (Lipinski definition) is 7. The van der Waals surface area contributed by atoms with Crippen LogP contribution >= 0.6 is 11.3 Å². The third-order valence-electron chi connectivity index (χ3n) is 4.62. The SMILES string of the molecule is COc1ccc(C(c2sc3ncnn3c2O)N2CCCC2)cc1OC. The molecule has 1 aliphatic heterocycles. The van der Waals surface area contributed by atoms with Crippen molar-refractivity contribution in [2.45, 2.75) is 18.9 Å². The van der Waals surface area contributed by atoms with Gasteiger partial charge in [0.1, 0.15) is 6.33 Å². The molecule has 0 radical (unpaired) electrons. The Morgan fingerprint density at radius 1 is 1.16 bits per heavy atom. The van der Waals surface area contributed by atoms with Gasteiger partial charge in [-0.3, -0.25) is 4.90 Å². The minimum absolute atomic E-state index is 0.0594. The fourth-order valence-corrected chi connectivity index (χ4v) is 4.51. The van der Waals surface area contributed by atoms with Crippen LogP contribution in [0.1, 0.15) is 29.3 Å². The van der Waals surface area contributed by atoms with Gasteiger partial charge in [0.2, 0.25) is 10.8 Å². The van der Waals surface area contributed by atoms with Gasteiger partial charge in [0.15, 0.2) is 11.5 Å². The molecule has 0 saturated carbocycles. The van der Waals surface area contributed by atoms with Crippen molar-refractivity contribution in [2.24, 2.45) is 0 Å². The summed E-state index contributed by atoms with van der Waals surface area (Å²) in [7, 11) is 3.26. The number of hydrogen-bond donors (Lipinski definition) is 1. The van der Waals surface area contributed by atoms with Gasteiger partial charge in [-0.15, -0.1) is 0 Å². The lowest BCUT2D eigenvalue weighted by Gasteiger charge is -2.27. The van der Waals surface area contributed by atoms with E-state index in [-0.39, 0.29) is 11.9 Å². The number of benzene rings is 1. The van der Waals surface area contributed by atoms with Crippen LogP contribution in [-0.2, 0) is 0 Å². The minimum Gasteiger partial charge on any atom is -0.493 e. The Hall–Kier alpha value is -2.32. The Morgan fingerprint density at radius 2 is 1.92 bits per heavy atom. The number of methoxy groups -OCH3 is 2. The predicted molar refractivity (Wildman–Crippen MR) is 94.7 cm³/mol. The fourth-order valence-electron chi connectivity index (χ4n) is 3.42. The smallest absolute Gasteiger partial charge is 0.230 e. The molecule has 1 unspecified atom stereocenters. The van der Waals surface area contributed by atoms with Crippen LogP contribution < -0.4 is 9.47 Å². The van der Waals surface area contributed by atoms with Crippen LogP contribution in [-0.4, -0.2) is 51.9 Å². The van der Waals surface area contributed by atoms with Gasteiger partial charge in [0, 0.05) is 0 Å². The molecule has 0 bridgehead atoms. The monoisotopic (exact) mass is 360 g/mol. The van der Waals surface area contributed by atoms with Gasteiger partial charge in [-0.05, 0) is 43.6 Å². The van der Waals surface area contributed by atoms with E-state index in [0.717, 1.165) is 36.4 Å². The second-order valence-corrected chi connectivity index (χ2v) is 7.01. The van der Waals surface area contributed by atoms with Crippen LogP contribution in [0.3, 0.4) is 0 Å². The molecule has 4 rings (SSSR count). The number of aromatic nitrogens is 3. The summed E-state index contributed by atoms with van der Waals surface area (Å²) in [4.78, 5) is 8.14. The van der Waals surface area contributed by atoms with Gasteiger partial charge in [0.05, 0.1) is 25.1 Å². The first-order valence-electron chi connectivity index (χ1n) is 8.20. The number of likely N-dealkylation sites (tertiary alicyclic amines) is 1. The maximum Gasteiger partial charge on any atom is 0.230 e. The van der Waals surface area contributed by atoms with Gasteiger partial charge in [-0.1, -0.05) is 17.4 Å². The predicted octanol–water partition coefficient (Wildman–Crippen LogP) is 2.70. The van der Waals surface area contributed by atoms with E-state index in [2.05, 4.69) is 15.0 Å². The van der Waals surface area contributed by atoms with Crippen LogP contribution in [0.5, 0.6) is 17.4 Å². The first-order chi connectivity index (χ1) is 12.2. The van der Waals surface area contributed by atoms with Crippen molar-refractivity contribution in [3.63, 3.8) is 0 Å². The Labute approximate surface area is 149 Å². The minimum atomic E-state index is -0.0594. The summed E-state index contributed by atoms with van der Waals surface area (Å²) in [5.41, 5.74) is 1.05. The third kappa shape index (κ3) is 2.71. The van der Waals surface area contributed by atoms with Crippen molar-refractivity contribution < 1.29 is 14.6 Å². The van der Waals surface area contributed by atoms with Crippen LogP contribution in [0.15, 0.2) is 24.5 Å². The lowest BCUT2D eigenvalue weighted by atomic mass is 10.0. The Bertz CT molecular complexity index is 885. The van der Waals surface area contributed by atoms with Crippen molar-refractivity contribution >= 4 is 16.3 Å². The van der Waals surface area contributed by atoms with Crippen molar-refractivity contribution in [1.82, 2.24) is 19.5 Å². The molecule has 1 saturated heterocycles. The second-order valence-electron chi connectivity index (χ2n) is 6.00. The van der Waals surface area contributed by atoms with Gasteiger partial charge in [0.25, 0.3) is 0 Å². The van der Waals surface area contributed by atoms with E-state index in [1.165, 1.54) is 22.2 Å². The molecular formula is C17H20N4O3S. The molecule has 2 aromatic heterocycles. The van der Waals surface area contributed by atoms with Crippen molar-refractivity contribution in [1.29, 1.82) is 0 Å². The molecule has 0 spiro atoms. The zero-order valence-electron chi connectivity index (χ0n) is 14.2. The van der Waals surface area contributed by atoms with E-state index in [9.17, 15) is 5.11 Å². The van der Waals surface area contributed by atoms with E-state index >= 15 is 0 Å². The normalized spacial score (nSPS) is 16.4. The number of ether oxygens (including phenoxy) is 2. The standard InChI is InChI=1S/C17H20N4O3S/c1-23-12-6-5-11(9-13(12)24-2)14(20-7-3-4-8-20)15-16(22)21-17(25-15)18-10-19-21/h5-6,9-10,14,22H,3-4,7-8H2,1-2H3. The Kier molecular flexibility index (Phi) is 4.22. The highest BCUT2D eigenvalue weighted by molar-refractivity contribution is 7.17. The molecule has 1 aliphatic rings. The lowest BCUT2D eigenvalue weighted by molar-refractivity contribution is 0.275. The number of nitrogens with zero attached hydrogens (tertiary/aromatic N) is 4. The van der Waals surface area contributed by atoms with Gasteiger partial charge >= 0.3 is 0 Å². The van der Waals surface area contributed by atoms with Gasteiger partial charge < -0.3 is 14.6 Å². The molecular weight excluding hydrogens is 340 g/mol. The zero-order chi connectivity index (χ0) is 17.4. The molecule has 1 fully saturated rings. The second kappa shape index (κ2) is 6.53. The number of fused-ring (bicyclic) bond motifs is 1. The quantitative estimate of drug-likeness (QED) is 0.754. The average molecular weight is 360 g/mol. The van der Waals surface area contributed by atoms with Crippen LogP contribution in [0.4, 0.5) is 0 Å². The van der Waals surface area contributed by atoms with E-state index in [1.54, 1.807) is 14.2 Å². The molecule has 1 N–H and O–H groups in total. The van der Waals surface area contributed by atoms with Crippen LogP contribution in [0.2, 0.25) is 0 Å². The van der Waals surface area contributed by atoms with E-state index < -0.39 is 0 Å². The molecule has 3 aromatic rings. The third-order valence-corrected chi connectivity index (χ3v) is 5.70. The Morgan fingerprint density at radius 3 is 2.60 bits per heavy atom. The summed E-state index contributed by atoms with van der Waals surface area (Å²) in [5, 5.41) is 14.8. The Balaban J connectivity index is 1.84. The summed E-state index contributed by atoms with van der Waals surface area (Å²) in [6.45, 7) is 1.98. The summed E-state index contributed by atoms with van der Waals surface area (Å²) in [6, 6.07) is 5.86. The topological polar surface area (TPSA) is 72.1 Å².